The van der Waals surface area contributed by atoms with E-state index in [0.29, 0.717) is 25.9 Å². The van der Waals surface area contributed by atoms with Gasteiger partial charge in [-0.3, -0.25) is 9.78 Å². The number of hydrogen-bond acceptors (Lipinski definition) is 6. The minimum atomic E-state index is -4.77. The molecule has 0 spiro atoms. The van der Waals surface area contributed by atoms with Crippen LogP contribution < -0.4 is 15.5 Å². The Balaban J connectivity index is 1.51. The topological polar surface area (TPSA) is 107 Å². The molecule has 1 saturated carbocycles. The second-order valence-electron chi connectivity index (χ2n) is 9.15. The number of halogens is 3. The number of anilines is 1. The fourth-order valence-corrected chi connectivity index (χ4v) is 6.04. The summed E-state index contributed by atoms with van der Waals surface area (Å²) in [4.78, 5) is 33.1. The minimum Gasteiger partial charge on any atom is -0.465 e. The highest BCUT2D eigenvalue weighted by Gasteiger charge is 2.41. The molecule has 4 rings (SSSR count). The van der Waals surface area contributed by atoms with Crippen molar-refractivity contribution in [2.45, 2.75) is 62.6 Å². The number of carboxylic acid groups (broad SMARTS) is 1. The number of rotatable bonds is 6. The largest absolute Gasteiger partial charge is 0.465 e. The van der Waals surface area contributed by atoms with Gasteiger partial charge in [0, 0.05) is 43.5 Å². The van der Waals surface area contributed by atoms with Crippen LogP contribution in [-0.4, -0.2) is 52.8 Å². The Morgan fingerprint density at radius 1 is 1.20 bits per heavy atom. The maximum absolute atomic E-state index is 13.8. The van der Waals surface area contributed by atoms with Gasteiger partial charge in [0.15, 0.2) is 10.8 Å². The molecule has 0 aromatic carbocycles. The van der Waals surface area contributed by atoms with Crippen LogP contribution in [0.15, 0.2) is 24.5 Å². The summed E-state index contributed by atoms with van der Waals surface area (Å²) in [5, 5.41) is 14.2. The Morgan fingerprint density at radius 2 is 1.91 bits per heavy atom. The molecule has 1 aliphatic heterocycles. The lowest BCUT2D eigenvalue weighted by atomic mass is 9.70. The third kappa shape index (κ3) is 5.85. The molecule has 2 aliphatic rings. The number of alkyl halides is 3. The lowest BCUT2D eigenvalue weighted by Gasteiger charge is -2.37. The first-order chi connectivity index (χ1) is 16.7. The standard InChI is InChI=1S/C23H28F3N5O3S/c24-23(25,26)18-17(35-20(30-18)31-11-6-16(7-12-31)29-21(33)34)19(32)28-14-22(8-2-1-3-9-22)15-5-4-10-27-13-15/h4-5,10,13,16,29H,1-3,6-9,11-12,14H2,(H,28,32)(H,33,34). The average molecular weight is 512 g/mol. The molecule has 3 heterocycles. The van der Waals surface area contributed by atoms with Crippen LogP contribution in [-0.2, 0) is 11.6 Å². The van der Waals surface area contributed by atoms with Crippen LogP contribution in [0.2, 0.25) is 0 Å². The monoisotopic (exact) mass is 511 g/mol. The predicted octanol–water partition coefficient (Wildman–Crippen LogP) is 4.43. The van der Waals surface area contributed by atoms with Crippen molar-refractivity contribution >= 4 is 28.5 Å². The number of piperidine rings is 1. The Labute approximate surface area is 205 Å². The Bertz CT molecular complexity index is 1030. The third-order valence-electron chi connectivity index (χ3n) is 6.86. The third-order valence-corrected chi connectivity index (χ3v) is 7.97. The van der Waals surface area contributed by atoms with E-state index in [-0.39, 0.29) is 23.1 Å². The van der Waals surface area contributed by atoms with E-state index in [1.807, 2.05) is 12.1 Å². The molecule has 1 saturated heterocycles. The van der Waals surface area contributed by atoms with Gasteiger partial charge in [0.2, 0.25) is 0 Å². The second kappa shape index (κ2) is 10.4. The molecule has 0 atom stereocenters. The molecule has 12 heteroatoms. The van der Waals surface area contributed by atoms with E-state index in [4.69, 9.17) is 5.11 Å². The van der Waals surface area contributed by atoms with Gasteiger partial charge in [-0.05, 0) is 37.3 Å². The Kier molecular flexibility index (Phi) is 7.48. The summed E-state index contributed by atoms with van der Waals surface area (Å²) in [6.07, 6.45) is 3.16. The number of nitrogens with one attached hydrogen (secondary N) is 2. The van der Waals surface area contributed by atoms with E-state index >= 15 is 0 Å². The van der Waals surface area contributed by atoms with Crippen molar-refractivity contribution < 1.29 is 27.9 Å². The first-order valence-electron chi connectivity index (χ1n) is 11.7. The number of carbonyl (C=O) groups excluding carboxylic acids is 1. The predicted molar refractivity (Wildman–Crippen MR) is 125 cm³/mol. The smallest absolute Gasteiger partial charge is 0.435 e. The van der Waals surface area contributed by atoms with E-state index in [0.717, 1.165) is 49.0 Å². The molecule has 0 unspecified atom stereocenters. The quantitative estimate of drug-likeness (QED) is 0.530. The lowest BCUT2D eigenvalue weighted by Crippen LogP contribution is -2.44. The second-order valence-corrected chi connectivity index (χ2v) is 10.1. The number of nitrogens with zero attached hydrogens (tertiary/aromatic N) is 3. The van der Waals surface area contributed by atoms with Crippen LogP contribution in [0.1, 0.15) is 65.9 Å². The summed E-state index contributed by atoms with van der Waals surface area (Å²) in [5.74, 6) is -0.780. The highest BCUT2D eigenvalue weighted by Crippen LogP contribution is 2.40. The summed E-state index contributed by atoms with van der Waals surface area (Å²) in [7, 11) is 0. The fourth-order valence-electron chi connectivity index (χ4n) is 4.98. The summed E-state index contributed by atoms with van der Waals surface area (Å²) in [6.45, 7) is 0.927. The molecule has 2 aromatic rings. The first kappa shape index (κ1) is 25.2. The number of hydrogen-bond donors (Lipinski definition) is 3. The first-order valence-corrected chi connectivity index (χ1v) is 12.5. The Hall–Kier alpha value is -2.89. The molecule has 35 heavy (non-hydrogen) atoms. The van der Waals surface area contributed by atoms with Gasteiger partial charge in [0.05, 0.1) is 0 Å². The van der Waals surface area contributed by atoms with Crippen LogP contribution in [0.5, 0.6) is 0 Å². The molecule has 0 radical (unpaired) electrons. The molecule has 2 aromatic heterocycles. The van der Waals surface area contributed by atoms with Crippen LogP contribution in [0, 0.1) is 0 Å². The summed E-state index contributed by atoms with van der Waals surface area (Å²) < 4.78 is 41.4. The number of amides is 2. The van der Waals surface area contributed by atoms with Crippen molar-refractivity contribution in [2.75, 3.05) is 24.5 Å². The zero-order valence-corrected chi connectivity index (χ0v) is 19.9. The Morgan fingerprint density at radius 3 is 2.51 bits per heavy atom. The van der Waals surface area contributed by atoms with Gasteiger partial charge in [-0.1, -0.05) is 36.7 Å². The van der Waals surface area contributed by atoms with Gasteiger partial charge >= 0.3 is 12.3 Å². The number of pyridine rings is 1. The minimum absolute atomic E-state index is 0.121. The zero-order chi connectivity index (χ0) is 25.1. The molecule has 8 nitrogen and oxygen atoms in total. The van der Waals surface area contributed by atoms with Crippen LogP contribution in [0.25, 0.3) is 0 Å². The molecule has 1 aliphatic carbocycles. The molecule has 0 bridgehead atoms. The molecule has 2 amide bonds. The maximum Gasteiger partial charge on any atom is 0.435 e. The average Bonchev–Trinajstić information content (AvgIpc) is 3.30. The van der Waals surface area contributed by atoms with Crippen molar-refractivity contribution in [2.24, 2.45) is 0 Å². The highest BCUT2D eigenvalue weighted by atomic mass is 32.1. The highest BCUT2D eigenvalue weighted by molar-refractivity contribution is 7.17. The zero-order valence-electron chi connectivity index (χ0n) is 19.1. The maximum atomic E-state index is 13.8. The van der Waals surface area contributed by atoms with Gasteiger partial charge < -0.3 is 20.6 Å². The number of thiazole rings is 1. The van der Waals surface area contributed by atoms with Crippen molar-refractivity contribution in [1.82, 2.24) is 20.6 Å². The van der Waals surface area contributed by atoms with Crippen LogP contribution in [0.4, 0.5) is 23.1 Å². The van der Waals surface area contributed by atoms with Crippen LogP contribution in [0.3, 0.4) is 0 Å². The summed E-state index contributed by atoms with van der Waals surface area (Å²) >= 11 is 0.731. The molecular weight excluding hydrogens is 483 g/mol. The molecule has 2 fully saturated rings. The molecule has 3 N–H and O–H groups in total. The van der Waals surface area contributed by atoms with Crippen molar-refractivity contribution in [3.05, 3.63) is 40.7 Å². The SMILES string of the molecule is O=C(O)NC1CCN(c2nc(C(F)(F)F)c(C(=O)NCC3(c4cccnc4)CCCCC3)s2)CC1. The van der Waals surface area contributed by atoms with Crippen molar-refractivity contribution in [3.63, 3.8) is 0 Å². The molecular formula is C23H28F3N5O3S. The molecule has 190 valence electrons. The lowest BCUT2D eigenvalue weighted by molar-refractivity contribution is -0.141. The normalized spacial score (nSPS) is 18.8. The number of carbonyl (C=O) groups is 2. The van der Waals surface area contributed by atoms with E-state index in [2.05, 4.69) is 20.6 Å². The van der Waals surface area contributed by atoms with E-state index in [1.165, 1.54) is 0 Å². The van der Waals surface area contributed by atoms with Gasteiger partial charge in [-0.15, -0.1) is 0 Å². The number of aromatic nitrogens is 2. The van der Waals surface area contributed by atoms with Gasteiger partial charge in [-0.2, -0.15) is 13.2 Å². The summed E-state index contributed by atoms with van der Waals surface area (Å²) in [6, 6.07) is 3.53. The summed E-state index contributed by atoms with van der Waals surface area (Å²) in [5.41, 5.74) is -0.550. The van der Waals surface area contributed by atoms with Gasteiger partial charge in [-0.25, -0.2) is 9.78 Å². The van der Waals surface area contributed by atoms with Crippen LogP contribution >= 0.6 is 11.3 Å². The van der Waals surface area contributed by atoms with Crippen molar-refractivity contribution in [3.8, 4) is 0 Å². The van der Waals surface area contributed by atoms with Gasteiger partial charge in [0.1, 0.15) is 4.88 Å². The van der Waals surface area contributed by atoms with E-state index < -0.39 is 28.7 Å². The fraction of sp³-hybridized carbons (Fsp3) is 0.565. The van der Waals surface area contributed by atoms with Crippen molar-refractivity contribution in [1.29, 1.82) is 0 Å². The van der Waals surface area contributed by atoms with E-state index in [9.17, 15) is 22.8 Å². The van der Waals surface area contributed by atoms with E-state index in [1.54, 1.807) is 17.3 Å². The van der Waals surface area contributed by atoms with Gasteiger partial charge in [0.25, 0.3) is 5.91 Å².